The largest absolute Gasteiger partial charge is 0.493 e. The van der Waals surface area contributed by atoms with Gasteiger partial charge in [0.15, 0.2) is 0 Å². The highest BCUT2D eigenvalue weighted by atomic mass is 35.5. The molecule has 1 nitrogen and oxygen atoms in total. The Bertz CT molecular complexity index is 393. The second kappa shape index (κ2) is 7.14. The van der Waals surface area contributed by atoms with E-state index in [1.165, 1.54) is 0 Å². The smallest absolute Gasteiger partial charge is 0.122 e. The fourth-order valence-electron chi connectivity index (χ4n) is 1.26. The Balaban J connectivity index is 2.67. The molecule has 1 aromatic rings. The van der Waals surface area contributed by atoms with Crippen LogP contribution in [0.3, 0.4) is 0 Å². The van der Waals surface area contributed by atoms with Crippen molar-refractivity contribution in [3.05, 3.63) is 29.3 Å². The molecular formula is C13H14ClFO. The Morgan fingerprint density at radius 1 is 1.44 bits per heavy atom. The molecule has 1 aromatic carbocycles. The molecule has 0 amide bonds. The van der Waals surface area contributed by atoms with E-state index in [0.717, 1.165) is 16.9 Å². The normalized spacial score (nSPS) is 9.44. The van der Waals surface area contributed by atoms with Gasteiger partial charge < -0.3 is 4.74 Å². The van der Waals surface area contributed by atoms with E-state index in [0.29, 0.717) is 18.9 Å². The Morgan fingerprint density at radius 2 is 2.25 bits per heavy atom. The van der Waals surface area contributed by atoms with Gasteiger partial charge in [0, 0.05) is 12.0 Å². The molecule has 0 fully saturated rings. The van der Waals surface area contributed by atoms with E-state index >= 15 is 0 Å². The van der Waals surface area contributed by atoms with Gasteiger partial charge in [0.2, 0.25) is 0 Å². The maximum absolute atomic E-state index is 11.9. The van der Waals surface area contributed by atoms with Crippen LogP contribution in [0.25, 0.3) is 0 Å². The van der Waals surface area contributed by atoms with Crippen LogP contribution in [0, 0.1) is 18.8 Å². The molecule has 0 saturated carbocycles. The maximum Gasteiger partial charge on any atom is 0.122 e. The Morgan fingerprint density at radius 3 is 2.88 bits per heavy atom. The molecule has 0 aliphatic rings. The molecule has 0 atom stereocenters. The predicted octanol–water partition coefficient (Wildman–Crippen LogP) is 3.32. The summed E-state index contributed by atoms with van der Waals surface area (Å²) in [4.78, 5) is 0. The van der Waals surface area contributed by atoms with Gasteiger partial charge >= 0.3 is 0 Å². The van der Waals surface area contributed by atoms with Crippen molar-refractivity contribution in [2.24, 2.45) is 0 Å². The molecule has 1 rings (SSSR count). The molecule has 0 aliphatic heterocycles. The molecular weight excluding hydrogens is 227 g/mol. The highest BCUT2D eigenvalue weighted by Gasteiger charge is 1.99. The molecule has 0 aliphatic carbocycles. The second-order valence-electron chi connectivity index (χ2n) is 3.31. The molecule has 86 valence electrons. The molecule has 0 aromatic heterocycles. The van der Waals surface area contributed by atoms with Crippen molar-refractivity contribution >= 4 is 11.6 Å². The van der Waals surface area contributed by atoms with E-state index in [-0.39, 0.29) is 6.67 Å². The quantitative estimate of drug-likeness (QED) is 0.446. The number of hydrogen-bond donors (Lipinski definition) is 0. The standard InChI is InChI=1S/C13H14ClFO/c1-11-10-12(4-2-7-14)5-6-13(11)16-9-3-8-15/h5-6,10H,3,7-9H2,1H3. The number of hydrogen-bond acceptors (Lipinski definition) is 1. The molecule has 3 heteroatoms. The minimum atomic E-state index is -0.349. The Kier molecular flexibility index (Phi) is 5.74. The summed E-state index contributed by atoms with van der Waals surface area (Å²) in [5.74, 6) is 6.83. The van der Waals surface area contributed by atoms with E-state index in [4.69, 9.17) is 16.3 Å². The van der Waals surface area contributed by atoms with E-state index in [2.05, 4.69) is 11.8 Å². The van der Waals surface area contributed by atoms with Crippen LogP contribution in [0.1, 0.15) is 17.5 Å². The fraction of sp³-hybridized carbons (Fsp3) is 0.385. The fourth-order valence-corrected chi connectivity index (χ4v) is 1.33. The van der Waals surface area contributed by atoms with Crippen molar-refractivity contribution in [1.82, 2.24) is 0 Å². The first-order chi connectivity index (χ1) is 7.77. The average molecular weight is 241 g/mol. The molecule has 0 saturated heterocycles. The number of ether oxygens (including phenoxy) is 1. The van der Waals surface area contributed by atoms with Gasteiger partial charge in [0.25, 0.3) is 0 Å². The zero-order valence-corrected chi connectivity index (χ0v) is 9.98. The summed E-state index contributed by atoms with van der Waals surface area (Å²) in [5.41, 5.74) is 1.91. The van der Waals surface area contributed by atoms with Crippen LogP contribution < -0.4 is 4.74 Å². The number of alkyl halides is 2. The summed E-state index contributed by atoms with van der Waals surface area (Å²) < 4.78 is 17.3. The van der Waals surface area contributed by atoms with E-state index in [1.54, 1.807) is 0 Å². The third-order valence-electron chi connectivity index (χ3n) is 2.01. The average Bonchev–Trinajstić information content (AvgIpc) is 2.29. The predicted molar refractivity (Wildman–Crippen MR) is 64.9 cm³/mol. The van der Waals surface area contributed by atoms with Crippen molar-refractivity contribution in [3.8, 4) is 17.6 Å². The van der Waals surface area contributed by atoms with Gasteiger partial charge in [-0.2, -0.15) is 0 Å². The first-order valence-electron chi connectivity index (χ1n) is 5.12. The summed E-state index contributed by atoms with van der Waals surface area (Å²) in [6, 6.07) is 5.66. The molecule has 16 heavy (non-hydrogen) atoms. The van der Waals surface area contributed by atoms with Crippen LogP contribution in [0.15, 0.2) is 18.2 Å². The van der Waals surface area contributed by atoms with Crippen molar-refractivity contribution in [1.29, 1.82) is 0 Å². The minimum absolute atomic E-state index is 0.327. The molecule has 0 N–H and O–H groups in total. The van der Waals surface area contributed by atoms with Crippen LogP contribution in [0.5, 0.6) is 5.75 Å². The summed E-state index contributed by atoms with van der Waals surface area (Å²) in [5, 5.41) is 0. The molecule has 0 radical (unpaired) electrons. The number of aryl methyl sites for hydroxylation is 1. The Labute approximate surface area is 101 Å². The molecule has 0 unspecified atom stereocenters. The van der Waals surface area contributed by atoms with Crippen molar-refractivity contribution in [2.45, 2.75) is 13.3 Å². The highest BCUT2D eigenvalue weighted by molar-refractivity contribution is 6.19. The Hall–Kier alpha value is -1.20. The van der Waals surface area contributed by atoms with Crippen LogP contribution in [0.4, 0.5) is 4.39 Å². The van der Waals surface area contributed by atoms with E-state index in [1.807, 2.05) is 25.1 Å². The van der Waals surface area contributed by atoms with Gasteiger partial charge in [-0.1, -0.05) is 11.8 Å². The maximum atomic E-state index is 11.9. The van der Waals surface area contributed by atoms with Gasteiger partial charge in [-0.05, 0) is 30.7 Å². The molecule has 0 heterocycles. The number of benzene rings is 1. The summed E-state index contributed by atoms with van der Waals surface area (Å²) in [6.07, 6.45) is 0.424. The van der Waals surface area contributed by atoms with Gasteiger partial charge in [-0.25, -0.2) is 0 Å². The summed E-state index contributed by atoms with van der Waals surface area (Å²) >= 11 is 5.47. The molecule has 0 spiro atoms. The highest BCUT2D eigenvalue weighted by Crippen LogP contribution is 2.18. The SMILES string of the molecule is Cc1cc(C#CCCl)ccc1OCCCF. The van der Waals surface area contributed by atoms with Crippen molar-refractivity contribution in [2.75, 3.05) is 19.2 Å². The molecule has 0 bridgehead atoms. The monoisotopic (exact) mass is 240 g/mol. The number of rotatable bonds is 4. The lowest BCUT2D eigenvalue weighted by Gasteiger charge is -2.08. The minimum Gasteiger partial charge on any atom is -0.493 e. The lowest BCUT2D eigenvalue weighted by Crippen LogP contribution is -1.99. The third-order valence-corrected chi connectivity index (χ3v) is 2.14. The van der Waals surface area contributed by atoms with Crippen LogP contribution in [-0.2, 0) is 0 Å². The van der Waals surface area contributed by atoms with E-state index < -0.39 is 0 Å². The summed E-state index contributed by atoms with van der Waals surface area (Å²) in [7, 11) is 0. The van der Waals surface area contributed by atoms with Crippen LogP contribution in [-0.4, -0.2) is 19.2 Å². The third kappa shape index (κ3) is 4.12. The van der Waals surface area contributed by atoms with Crippen molar-refractivity contribution in [3.63, 3.8) is 0 Å². The lowest BCUT2D eigenvalue weighted by atomic mass is 10.1. The second-order valence-corrected chi connectivity index (χ2v) is 3.57. The van der Waals surface area contributed by atoms with Gasteiger partial charge in [-0.3, -0.25) is 4.39 Å². The van der Waals surface area contributed by atoms with Gasteiger partial charge in [0.05, 0.1) is 19.2 Å². The van der Waals surface area contributed by atoms with Crippen LogP contribution >= 0.6 is 11.6 Å². The van der Waals surface area contributed by atoms with Gasteiger partial charge in [-0.15, -0.1) is 11.6 Å². The zero-order chi connectivity index (χ0) is 11.8. The lowest BCUT2D eigenvalue weighted by molar-refractivity contribution is 0.288. The zero-order valence-electron chi connectivity index (χ0n) is 9.22. The first-order valence-corrected chi connectivity index (χ1v) is 5.65. The van der Waals surface area contributed by atoms with Crippen molar-refractivity contribution < 1.29 is 9.13 Å². The van der Waals surface area contributed by atoms with Gasteiger partial charge in [0.1, 0.15) is 5.75 Å². The van der Waals surface area contributed by atoms with Crippen LogP contribution in [0.2, 0.25) is 0 Å². The number of halogens is 2. The van der Waals surface area contributed by atoms with E-state index in [9.17, 15) is 4.39 Å². The summed E-state index contributed by atoms with van der Waals surface area (Å²) in [6.45, 7) is 2.00. The topological polar surface area (TPSA) is 9.23 Å². The first kappa shape index (κ1) is 12.9.